The first-order valence-electron chi connectivity index (χ1n) is 11.3. The lowest BCUT2D eigenvalue weighted by Crippen LogP contribution is -2.22. The van der Waals surface area contributed by atoms with Gasteiger partial charge in [0.2, 0.25) is 5.88 Å². The molecule has 0 radical (unpaired) electrons. The van der Waals surface area contributed by atoms with Crippen molar-refractivity contribution in [3.63, 3.8) is 0 Å². The quantitative estimate of drug-likeness (QED) is 0.191. The lowest BCUT2D eigenvalue weighted by Gasteiger charge is -2.13. The van der Waals surface area contributed by atoms with Gasteiger partial charge in [0, 0.05) is 30.7 Å². The Bertz CT molecular complexity index is 1430. The number of H-pyrrole nitrogens is 1. The number of aliphatic hydroxyl groups is 1. The highest BCUT2D eigenvalue weighted by molar-refractivity contribution is 5.83. The number of nitrogens with one attached hydrogen (secondary N) is 2. The number of phenolic OH excluding ortho intramolecular Hbond substituents is 1. The number of benzene rings is 2. The van der Waals surface area contributed by atoms with Crippen LogP contribution in [-0.4, -0.2) is 48.4 Å². The third-order valence-electron chi connectivity index (χ3n) is 5.84. The van der Waals surface area contributed by atoms with Gasteiger partial charge < -0.3 is 24.5 Å². The maximum Gasteiger partial charge on any atom is 0.221 e. The van der Waals surface area contributed by atoms with Crippen LogP contribution >= 0.6 is 0 Å². The van der Waals surface area contributed by atoms with Gasteiger partial charge in [-0.3, -0.25) is 5.32 Å². The molecule has 3 heterocycles. The van der Waals surface area contributed by atoms with E-state index >= 15 is 0 Å². The Labute approximate surface area is 202 Å². The molecule has 178 valence electrons. The van der Waals surface area contributed by atoms with Crippen molar-refractivity contribution in [2.24, 2.45) is 0 Å². The van der Waals surface area contributed by atoms with Gasteiger partial charge in [0.05, 0.1) is 30.0 Å². The minimum atomic E-state index is -0.802. The van der Waals surface area contributed by atoms with Gasteiger partial charge in [0.25, 0.3) is 0 Å². The van der Waals surface area contributed by atoms with E-state index in [0.29, 0.717) is 23.8 Å². The Morgan fingerprint density at radius 1 is 1.11 bits per heavy atom. The molecule has 0 fully saturated rings. The average molecular weight is 471 g/mol. The number of nitrogens with zero attached hydrogens (tertiary/aromatic N) is 4. The third kappa shape index (κ3) is 4.86. The molecule has 35 heavy (non-hydrogen) atoms. The molecule has 0 aliphatic heterocycles. The van der Waals surface area contributed by atoms with E-state index in [-0.39, 0.29) is 5.75 Å². The lowest BCUT2D eigenvalue weighted by atomic mass is 10.0. The Hall–Kier alpha value is -4.21. The van der Waals surface area contributed by atoms with Crippen LogP contribution in [0.4, 0.5) is 0 Å². The zero-order valence-corrected chi connectivity index (χ0v) is 19.2. The number of imidazole rings is 2. The van der Waals surface area contributed by atoms with Gasteiger partial charge in [-0.1, -0.05) is 12.1 Å². The van der Waals surface area contributed by atoms with E-state index in [2.05, 4.69) is 25.3 Å². The van der Waals surface area contributed by atoms with E-state index in [1.54, 1.807) is 31.9 Å². The smallest absolute Gasteiger partial charge is 0.221 e. The third-order valence-corrected chi connectivity index (χ3v) is 5.84. The van der Waals surface area contributed by atoms with Crippen molar-refractivity contribution < 1.29 is 14.9 Å². The number of aromatic nitrogens is 5. The average Bonchev–Trinajstić information content (AvgIpc) is 3.56. The number of hydrogen-bond acceptors (Lipinski definition) is 7. The van der Waals surface area contributed by atoms with Gasteiger partial charge in [-0.05, 0) is 60.5 Å². The second kappa shape index (κ2) is 9.96. The summed E-state index contributed by atoms with van der Waals surface area (Å²) in [6.45, 7) is 1.49. The van der Waals surface area contributed by atoms with Crippen LogP contribution in [0.1, 0.15) is 18.2 Å². The highest BCUT2D eigenvalue weighted by Gasteiger charge is 2.15. The van der Waals surface area contributed by atoms with Crippen LogP contribution in [-0.2, 0) is 6.54 Å². The number of hydrogen-bond donors (Lipinski definition) is 4. The monoisotopic (exact) mass is 470 g/mol. The molecule has 4 N–H and O–H groups in total. The fraction of sp³-hybridized carbons (Fsp3) is 0.192. The molecule has 0 saturated carbocycles. The molecule has 0 aliphatic carbocycles. The first-order valence-corrected chi connectivity index (χ1v) is 11.3. The summed E-state index contributed by atoms with van der Waals surface area (Å²) in [7, 11) is 1.58. The van der Waals surface area contributed by atoms with Crippen LogP contribution in [0, 0.1) is 0 Å². The molecule has 5 aromatic rings. The number of phenols is 1. The van der Waals surface area contributed by atoms with Gasteiger partial charge in [-0.25, -0.2) is 15.0 Å². The molecule has 0 bridgehead atoms. The fourth-order valence-electron chi connectivity index (χ4n) is 4.03. The largest absolute Gasteiger partial charge is 0.507 e. The molecule has 0 aliphatic rings. The lowest BCUT2D eigenvalue weighted by molar-refractivity contribution is 0.138. The summed E-state index contributed by atoms with van der Waals surface area (Å²) in [5, 5.41) is 24.3. The standard InChI is InChI=1S/C26H26N6O3/c1-35-26-19(4-2-9-29-26)17-6-8-23(33)20(14-17)24-30-21-7-5-18(15-22(21)31-24)25(34)28-10-3-12-32-13-11-27-16-32/h2,4-9,11,13-16,25,28,33-34H,3,10,12H2,1H3,(H,30,31). The molecule has 0 amide bonds. The van der Waals surface area contributed by atoms with Crippen molar-refractivity contribution in [1.29, 1.82) is 0 Å². The summed E-state index contributed by atoms with van der Waals surface area (Å²) < 4.78 is 7.38. The molecule has 5 rings (SSSR count). The van der Waals surface area contributed by atoms with E-state index in [4.69, 9.17) is 4.74 Å². The molecule has 1 unspecified atom stereocenters. The summed E-state index contributed by atoms with van der Waals surface area (Å²) in [5.41, 5.74) is 4.45. The Balaban J connectivity index is 1.35. The predicted molar refractivity (Wildman–Crippen MR) is 133 cm³/mol. The number of pyridine rings is 1. The minimum Gasteiger partial charge on any atom is -0.507 e. The van der Waals surface area contributed by atoms with E-state index in [0.717, 1.165) is 40.7 Å². The van der Waals surface area contributed by atoms with Crippen molar-refractivity contribution in [2.45, 2.75) is 19.2 Å². The highest BCUT2D eigenvalue weighted by Crippen LogP contribution is 2.35. The zero-order valence-electron chi connectivity index (χ0n) is 19.2. The number of rotatable bonds is 9. The number of methoxy groups -OCH3 is 1. The van der Waals surface area contributed by atoms with Crippen LogP contribution in [0.15, 0.2) is 73.4 Å². The Morgan fingerprint density at radius 3 is 2.86 bits per heavy atom. The predicted octanol–water partition coefficient (Wildman–Crippen LogP) is 3.87. The zero-order chi connectivity index (χ0) is 24.2. The van der Waals surface area contributed by atoms with E-state index in [9.17, 15) is 10.2 Å². The summed E-state index contributed by atoms with van der Waals surface area (Å²) in [6, 6.07) is 14.6. The highest BCUT2D eigenvalue weighted by atomic mass is 16.5. The molecule has 0 spiro atoms. The molecule has 1 atom stereocenters. The van der Waals surface area contributed by atoms with E-state index in [1.807, 2.05) is 53.2 Å². The van der Waals surface area contributed by atoms with Crippen LogP contribution in [0.25, 0.3) is 33.5 Å². The Kier molecular flexibility index (Phi) is 6.42. The first-order chi connectivity index (χ1) is 17.1. The van der Waals surface area contributed by atoms with Crippen molar-refractivity contribution in [2.75, 3.05) is 13.7 Å². The van der Waals surface area contributed by atoms with Crippen LogP contribution in [0.5, 0.6) is 11.6 Å². The Morgan fingerprint density at radius 2 is 2.03 bits per heavy atom. The number of aryl methyl sites for hydroxylation is 1. The number of aromatic hydroxyl groups is 1. The normalized spacial score (nSPS) is 12.2. The van der Waals surface area contributed by atoms with Crippen LogP contribution in [0.3, 0.4) is 0 Å². The van der Waals surface area contributed by atoms with Crippen molar-refractivity contribution in [1.82, 2.24) is 29.8 Å². The van der Waals surface area contributed by atoms with E-state index in [1.165, 1.54) is 0 Å². The van der Waals surface area contributed by atoms with Crippen molar-refractivity contribution in [3.8, 4) is 34.1 Å². The summed E-state index contributed by atoms with van der Waals surface area (Å²) in [6.07, 6.45) is 7.18. The minimum absolute atomic E-state index is 0.107. The summed E-state index contributed by atoms with van der Waals surface area (Å²) >= 11 is 0. The second-order valence-electron chi connectivity index (χ2n) is 8.16. The topological polar surface area (TPSA) is 121 Å². The second-order valence-corrected chi connectivity index (χ2v) is 8.16. The molecule has 3 aromatic heterocycles. The van der Waals surface area contributed by atoms with Gasteiger partial charge in [-0.2, -0.15) is 0 Å². The first kappa shape index (κ1) is 22.6. The molecule has 9 nitrogen and oxygen atoms in total. The molecular weight excluding hydrogens is 444 g/mol. The van der Waals surface area contributed by atoms with Crippen molar-refractivity contribution in [3.05, 3.63) is 79.0 Å². The van der Waals surface area contributed by atoms with Crippen LogP contribution in [0.2, 0.25) is 0 Å². The number of aliphatic hydroxyl groups excluding tert-OH is 1. The molecule has 0 saturated heterocycles. The molecular formula is C26H26N6O3. The summed E-state index contributed by atoms with van der Waals surface area (Å²) in [5.74, 6) is 1.14. The maximum atomic E-state index is 10.6. The van der Waals surface area contributed by atoms with Crippen molar-refractivity contribution >= 4 is 11.0 Å². The van der Waals surface area contributed by atoms with E-state index < -0.39 is 6.23 Å². The molecule has 9 heteroatoms. The van der Waals surface area contributed by atoms with Crippen LogP contribution < -0.4 is 10.1 Å². The fourth-order valence-corrected chi connectivity index (χ4v) is 4.03. The van der Waals surface area contributed by atoms with Gasteiger partial charge in [-0.15, -0.1) is 0 Å². The number of aromatic amines is 1. The van der Waals surface area contributed by atoms with Gasteiger partial charge in [0.1, 0.15) is 17.8 Å². The maximum absolute atomic E-state index is 10.6. The number of fused-ring (bicyclic) bond motifs is 1. The van der Waals surface area contributed by atoms with Gasteiger partial charge >= 0.3 is 0 Å². The molecule has 2 aromatic carbocycles. The number of ether oxygens (including phenoxy) is 1. The summed E-state index contributed by atoms with van der Waals surface area (Å²) in [4.78, 5) is 16.2. The van der Waals surface area contributed by atoms with Gasteiger partial charge in [0.15, 0.2) is 0 Å². The SMILES string of the molecule is COc1ncccc1-c1ccc(O)c(-c2nc3ccc(C(O)NCCCn4ccnc4)cc3[nH]2)c1.